The third-order valence-corrected chi connectivity index (χ3v) is 5.54. The quantitative estimate of drug-likeness (QED) is 0.897. The summed E-state index contributed by atoms with van der Waals surface area (Å²) in [5.74, 6) is 2.32. The minimum atomic E-state index is 0.118. The van der Waals surface area contributed by atoms with E-state index >= 15 is 0 Å². The van der Waals surface area contributed by atoms with Crippen molar-refractivity contribution in [3.05, 3.63) is 53.1 Å². The van der Waals surface area contributed by atoms with Gasteiger partial charge in [0.15, 0.2) is 0 Å². The molecule has 4 rings (SSSR count). The standard InChI is InChI=1S/C21H26N4O2/c1-27-19-5-3-2-4-16(19)12-20(26)25-11-8-18-17(14-25)13-23-21(24-18)15-6-9-22-10-7-15/h2-5,13,15,22H,6-12,14H2,1H3. The van der Waals surface area contributed by atoms with Crippen LogP contribution in [0.25, 0.3) is 0 Å². The van der Waals surface area contributed by atoms with E-state index in [4.69, 9.17) is 9.72 Å². The number of carbonyl (C=O) groups excluding carboxylic acids is 1. The topological polar surface area (TPSA) is 67.3 Å². The Morgan fingerprint density at radius 3 is 2.93 bits per heavy atom. The van der Waals surface area contributed by atoms with Crippen LogP contribution in [0.1, 0.15) is 41.4 Å². The van der Waals surface area contributed by atoms with Gasteiger partial charge in [-0.2, -0.15) is 0 Å². The van der Waals surface area contributed by atoms with Crippen molar-refractivity contribution in [2.45, 2.75) is 38.1 Å². The molecule has 1 aromatic carbocycles. The zero-order valence-electron chi connectivity index (χ0n) is 15.8. The molecule has 0 saturated carbocycles. The Kier molecular flexibility index (Phi) is 5.34. The number of benzene rings is 1. The molecule has 142 valence electrons. The Bertz CT molecular complexity index is 818. The number of piperidine rings is 1. The molecule has 3 heterocycles. The highest BCUT2D eigenvalue weighted by Crippen LogP contribution is 2.25. The second-order valence-corrected chi connectivity index (χ2v) is 7.28. The van der Waals surface area contributed by atoms with Gasteiger partial charge in [-0.15, -0.1) is 0 Å². The van der Waals surface area contributed by atoms with Crippen molar-refractivity contribution in [2.24, 2.45) is 0 Å². The average molecular weight is 366 g/mol. The van der Waals surface area contributed by atoms with Crippen LogP contribution in [0.5, 0.6) is 5.75 Å². The molecule has 0 spiro atoms. The maximum absolute atomic E-state index is 12.8. The molecular weight excluding hydrogens is 340 g/mol. The molecule has 2 aromatic rings. The number of hydrogen-bond acceptors (Lipinski definition) is 5. The summed E-state index contributed by atoms with van der Waals surface area (Å²) in [7, 11) is 1.64. The van der Waals surface area contributed by atoms with Gasteiger partial charge in [-0.3, -0.25) is 4.79 Å². The van der Waals surface area contributed by atoms with Gasteiger partial charge in [0.2, 0.25) is 5.91 Å². The SMILES string of the molecule is COc1ccccc1CC(=O)N1CCc2nc(C3CCNCC3)ncc2C1. The fraction of sp³-hybridized carbons (Fsp3) is 0.476. The summed E-state index contributed by atoms with van der Waals surface area (Å²) in [6, 6.07) is 7.70. The zero-order chi connectivity index (χ0) is 18.6. The molecule has 1 aromatic heterocycles. The van der Waals surface area contributed by atoms with E-state index in [0.717, 1.165) is 60.7 Å². The molecule has 0 atom stereocenters. The van der Waals surface area contributed by atoms with Crippen LogP contribution in [-0.4, -0.2) is 47.5 Å². The van der Waals surface area contributed by atoms with Crippen LogP contribution in [0.15, 0.2) is 30.5 Å². The van der Waals surface area contributed by atoms with Crippen LogP contribution in [-0.2, 0) is 24.2 Å². The number of para-hydroxylation sites is 1. The summed E-state index contributed by atoms with van der Waals surface area (Å²) >= 11 is 0. The normalized spacial score (nSPS) is 17.4. The molecule has 0 bridgehead atoms. The number of aromatic nitrogens is 2. The smallest absolute Gasteiger partial charge is 0.227 e. The van der Waals surface area contributed by atoms with Crippen LogP contribution in [0, 0.1) is 0 Å². The summed E-state index contributed by atoms with van der Waals surface area (Å²) in [6.07, 6.45) is 5.29. The summed E-state index contributed by atoms with van der Waals surface area (Å²) < 4.78 is 5.37. The highest BCUT2D eigenvalue weighted by Gasteiger charge is 2.25. The third-order valence-electron chi connectivity index (χ3n) is 5.54. The van der Waals surface area contributed by atoms with Crippen molar-refractivity contribution in [2.75, 3.05) is 26.7 Å². The number of amides is 1. The first-order chi connectivity index (χ1) is 13.2. The van der Waals surface area contributed by atoms with E-state index in [0.29, 0.717) is 25.4 Å². The minimum Gasteiger partial charge on any atom is -0.496 e. The van der Waals surface area contributed by atoms with E-state index in [1.807, 2.05) is 35.4 Å². The number of hydrogen-bond donors (Lipinski definition) is 1. The molecule has 1 saturated heterocycles. The molecule has 0 aliphatic carbocycles. The summed E-state index contributed by atoms with van der Waals surface area (Å²) in [6.45, 7) is 3.38. The van der Waals surface area contributed by atoms with Crippen LogP contribution in [0.4, 0.5) is 0 Å². The molecular formula is C21H26N4O2. The zero-order valence-corrected chi connectivity index (χ0v) is 15.8. The maximum atomic E-state index is 12.8. The van der Waals surface area contributed by atoms with Gasteiger partial charge in [0.25, 0.3) is 0 Å². The highest BCUT2D eigenvalue weighted by molar-refractivity contribution is 5.79. The number of rotatable bonds is 4. The molecule has 27 heavy (non-hydrogen) atoms. The number of nitrogens with zero attached hydrogens (tertiary/aromatic N) is 3. The lowest BCUT2D eigenvalue weighted by atomic mass is 9.96. The molecule has 1 fully saturated rings. The van der Waals surface area contributed by atoms with Crippen molar-refractivity contribution in [1.29, 1.82) is 0 Å². The molecule has 2 aliphatic heterocycles. The van der Waals surface area contributed by atoms with E-state index in [-0.39, 0.29) is 5.91 Å². The van der Waals surface area contributed by atoms with Gasteiger partial charge in [-0.05, 0) is 32.0 Å². The Hall–Kier alpha value is -2.47. The van der Waals surface area contributed by atoms with Crippen LogP contribution < -0.4 is 10.1 Å². The van der Waals surface area contributed by atoms with Gasteiger partial charge in [-0.25, -0.2) is 9.97 Å². The fourth-order valence-electron chi connectivity index (χ4n) is 3.95. The Labute approximate surface area is 160 Å². The van der Waals surface area contributed by atoms with Gasteiger partial charge in [0, 0.05) is 42.8 Å². The van der Waals surface area contributed by atoms with Gasteiger partial charge in [-0.1, -0.05) is 18.2 Å². The highest BCUT2D eigenvalue weighted by atomic mass is 16.5. The first-order valence-electron chi connectivity index (χ1n) is 9.69. The predicted molar refractivity (Wildman–Crippen MR) is 103 cm³/mol. The maximum Gasteiger partial charge on any atom is 0.227 e. The van der Waals surface area contributed by atoms with Crippen LogP contribution in [0.2, 0.25) is 0 Å². The van der Waals surface area contributed by atoms with Crippen molar-refractivity contribution < 1.29 is 9.53 Å². The lowest BCUT2D eigenvalue weighted by molar-refractivity contribution is -0.131. The summed E-state index contributed by atoms with van der Waals surface area (Å²) in [5, 5.41) is 3.38. The summed E-state index contributed by atoms with van der Waals surface area (Å²) in [5.41, 5.74) is 3.11. The molecule has 2 aliphatic rings. The number of fused-ring (bicyclic) bond motifs is 1. The first-order valence-corrected chi connectivity index (χ1v) is 9.69. The Morgan fingerprint density at radius 1 is 1.30 bits per heavy atom. The van der Waals surface area contributed by atoms with Gasteiger partial charge in [0.05, 0.1) is 19.2 Å². The van der Waals surface area contributed by atoms with Crippen molar-refractivity contribution in [3.8, 4) is 5.75 Å². The summed E-state index contributed by atoms with van der Waals surface area (Å²) in [4.78, 5) is 24.2. The largest absolute Gasteiger partial charge is 0.496 e. The third kappa shape index (κ3) is 3.95. The molecule has 6 heteroatoms. The van der Waals surface area contributed by atoms with E-state index in [9.17, 15) is 4.79 Å². The Morgan fingerprint density at radius 2 is 2.11 bits per heavy atom. The molecule has 0 unspecified atom stereocenters. The van der Waals surface area contributed by atoms with Crippen LogP contribution >= 0.6 is 0 Å². The van der Waals surface area contributed by atoms with Crippen LogP contribution in [0.3, 0.4) is 0 Å². The average Bonchev–Trinajstić information content (AvgIpc) is 2.74. The minimum absolute atomic E-state index is 0.118. The second kappa shape index (κ2) is 8.05. The predicted octanol–water partition coefficient (Wildman–Crippen LogP) is 2.08. The van der Waals surface area contributed by atoms with Gasteiger partial charge < -0.3 is 15.0 Å². The van der Waals surface area contributed by atoms with Gasteiger partial charge >= 0.3 is 0 Å². The first kappa shape index (κ1) is 17.9. The second-order valence-electron chi connectivity index (χ2n) is 7.28. The molecule has 1 amide bonds. The van der Waals surface area contributed by atoms with Crippen molar-refractivity contribution >= 4 is 5.91 Å². The molecule has 1 N–H and O–H groups in total. The number of nitrogens with one attached hydrogen (secondary N) is 1. The monoisotopic (exact) mass is 366 g/mol. The Balaban J connectivity index is 1.44. The molecule has 6 nitrogen and oxygen atoms in total. The fourth-order valence-corrected chi connectivity index (χ4v) is 3.95. The van der Waals surface area contributed by atoms with Gasteiger partial charge in [0.1, 0.15) is 11.6 Å². The van der Waals surface area contributed by atoms with Crippen molar-refractivity contribution in [1.82, 2.24) is 20.2 Å². The number of carbonyl (C=O) groups is 1. The van der Waals surface area contributed by atoms with E-state index in [2.05, 4.69) is 10.3 Å². The number of ether oxygens (including phenoxy) is 1. The van der Waals surface area contributed by atoms with Crippen molar-refractivity contribution in [3.63, 3.8) is 0 Å². The number of methoxy groups -OCH3 is 1. The van der Waals surface area contributed by atoms with E-state index in [1.54, 1.807) is 7.11 Å². The lowest BCUT2D eigenvalue weighted by Crippen LogP contribution is -2.37. The van der Waals surface area contributed by atoms with E-state index < -0.39 is 0 Å². The lowest BCUT2D eigenvalue weighted by Gasteiger charge is -2.29. The van der Waals surface area contributed by atoms with E-state index in [1.165, 1.54) is 0 Å². The molecule has 0 radical (unpaired) electrons.